The number of fused-ring (bicyclic) bond motifs is 1. The maximum atomic E-state index is 9.70. The van der Waals surface area contributed by atoms with Crippen LogP contribution in [0, 0.1) is 0 Å². The molecule has 36 heavy (non-hydrogen) atoms. The topological polar surface area (TPSA) is 40.5 Å². The summed E-state index contributed by atoms with van der Waals surface area (Å²) in [4.78, 5) is 0. The summed E-state index contributed by atoms with van der Waals surface area (Å²) in [6.07, 6.45) is 6.85. The van der Waals surface area contributed by atoms with Crippen LogP contribution in [0.5, 0.6) is 0 Å². The van der Waals surface area contributed by atoms with Gasteiger partial charge in [0.25, 0.3) is 0 Å². The Hall–Kier alpha value is -3.66. The van der Waals surface area contributed by atoms with E-state index in [1.165, 1.54) is 22.3 Å². The highest BCUT2D eigenvalue weighted by Gasteiger charge is 2.17. The minimum atomic E-state index is -1.41. The molecule has 1 aliphatic rings. The second-order valence-corrected chi connectivity index (χ2v) is 8.77. The largest absolute Gasteiger partial charge is 0.456 e. The number of aryl methyl sites for hydroxylation is 1. The van der Waals surface area contributed by atoms with Crippen molar-refractivity contribution in [1.29, 1.82) is 0 Å². The Balaban J connectivity index is 0.00000148. The molecule has 0 saturated heterocycles. The smallest absolute Gasteiger partial charge is 0.427 e. The van der Waals surface area contributed by atoms with Crippen LogP contribution in [0.2, 0.25) is 0 Å². The van der Waals surface area contributed by atoms with Crippen LogP contribution < -0.4 is 10.4 Å². The van der Waals surface area contributed by atoms with E-state index in [-0.39, 0.29) is 6.32 Å². The molecule has 0 fully saturated rings. The van der Waals surface area contributed by atoms with Crippen molar-refractivity contribution in [3.63, 3.8) is 0 Å². The average molecular weight is 472 g/mol. The molecule has 2 N–H and O–H groups in total. The summed E-state index contributed by atoms with van der Waals surface area (Å²) in [7, 11) is -1.41. The Bertz CT molecular complexity index is 1470. The highest BCUT2D eigenvalue weighted by molar-refractivity contribution is 6.40. The van der Waals surface area contributed by atoms with E-state index in [0.29, 0.717) is 0 Å². The Morgan fingerprint density at radius 2 is 1.56 bits per heavy atom. The van der Waals surface area contributed by atoms with E-state index in [1.54, 1.807) is 0 Å². The van der Waals surface area contributed by atoms with Crippen LogP contribution in [0.15, 0.2) is 97.1 Å². The second-order valence-electron chi connectivity index (χ2n) is 8.77. The van der Waals surface area contributed by atoms with Crippen LogP contribution in [0.4, 0.5) is 0 Å². The fourth-order valence-corrected chi connectivity index (χ4v) is 4.90. The number of rotatable bonds is 5. The molecule has 0 heterocycles. The van der Waals surface area contributed by atoms with Gasteiger partial charge in [0.15, 0.2) is 0 Å². The van der Waals surface area contributed by atoms with Crippen LogP contribution in [-0.4, -0.2) is 17.2 Å². The molecule has 4 aromatic rings. The number of benzene rings is 4. The molecule has 180 valence electrons. The third kappa shape index (κ3) is 5.43. The van der Waals surface area contributed by atoms with E-state index in [9.17, 15) is 10.0 Å². The van der Waals surface area contributed by atoms with Gasteiger partial charge in [-0.05, 0) is 67.8 Å². The first-order chi connectivity index (χ1) is 17.6. The van der Waals surface area contributed by atoms with Crippen molar-refractivity contribution in [3.05, 3.63) is 135 Å². The molecule has 0 radical (unpaired) electrons. The summed E-state index contributed by atoms with van der Waals surface area (Å²) in [6.45, 7) is 8.27. The molecular formula is C33H33BO2. The molecule has 2 nitrogen and oxygen atoms in total. The summed E-state index contributed by atoms with van der Waals surface area (Å²) in [5.41, 5.74) is 9.15. The van der Waals surface area contributed by atoms with Gasteiger partial charge in [0.05, 0.1) is 0 Å². The summed E-state index contributed by atoms with van der Waals surface area (Å²) in [6, 6.07) is 31.3. The predicted octanol–water partition coefficient (Wildman–Crippen LogP) is 5.55. The quantitative estimate of drug-likeness (QED) is 0.374. The van der Waals surface area contributed by atoms with Gasteiger partial charge in [-0.25, -0.2) is 0 Å². The molecule has 0 aromatic heterocycles. The van der Waals surface area contributed by atoms with Gasteiger partial charge in [0, 0.05) is 6.32 Å². The molecule has 0 spiro atoms. The Morgan fingerprint density at radius 1 is 0.833 bits per heavy atom. The van der Waals surface area contributed by atoms with Crippen LogP contribution >= 0.6 is 0 Å². The van der Waals surface area contributed by atoms with Gasteiger partial charge in [-0.1, -0.05) is 124 Å². The molecule has 0 saturated carbocycles. The summed E-state index contributed by atoms with van der Waals surface area (Å²) in [5, 5.41) is 21.4. The minimum Gasteiger partial charge on any atom is -0.427 e. The van der Waals surface area contributed by atoms with Gasteiger partial charge in [0.1, 0.15) is 0 Å². The lowest BCUT2D eigenvalue weighted by atomic mass is 9.78. The average Bonchev–Trinajstić information content (AvgIpc) is 2.92. The number of hydrogen-bond donors (Lipinski definition) is 2. The zero-order valence-electron chi connectivity index (χ0n) is 21.1. The van der Waals surface area contributed by atoms with Crippen molar-refractivity contribution in [1.82, 2.24) is 0 Å². The van der Waals surface area contributed by atoms with E-state index < -0.39 is 7.12 Å². The van der Waals surface area contributed by atoms with Gasteiger partial charge in [-0.3, -0.25) is 0 Å². The molecule has 5 rings (SSSR count). The van der Waals surface area contributed by atoms with E-state index in [0.717, 1.165) is 45.5 Å². The Morgan fingerprint density at radius 3 is 2.31 bits per heavy atom. The fourth-order valence-electron chi connectivity index (χ4n) is 4.90. The predicted molar refractivity (Wildman–Crippen MR) is 154 cm³/mol. The first-order valence-corrected chi connectivity index (χ1v) is 12.7. The zero-order chi connectivity index (χ0) is 25.5. The van der Waals surface area contributed by atoms with Gasteiger partial charge in [0.2, 0.25) is 0 Å². The normalized spacial score (nSPS) is 12.8. The van der Waals surface area contributed by atoms with Gasteiger partial charge < -0.3 is 10.0 Å². The monoisotopic (exact) mass is 472 g/mol. The summed E-state index contributed by atoms with van der Waals surface area (Å²) < 4.78 is 0. The third-order valence-electron chi connectivity index (χ3n) is 6.52. The minimum absolute atomic E-state index is 0.166. The van der Waals surface area contributed by atoms with Crippen molar-refractivity contribution < 1.29 is 10.0 Å². The van der Waals surface area contributed by atoms with E-state index in [2.05, 4.69) is 67.3 Å². The van der Waals surface area contributed by atoms with Crippen LogP contribution in [0.25, 0.3) is 29.4 Å². The first kappa shape index (κ1) is 25.4. The number of hydrogen-bond acceptors (Lipinski definition) is 2. The summed E-state index contributed by atoms with van der Waals surface area (Å²) in [5.74, 6) is 0. The van der Waals surface area contributed by atoms with Crippen molar-refractivity contribution in [3.8, 4) is 11.1 Å². The second kappa shape index (κ2) is 11.9. The molecule has 0 bridgehead atoms. The SMILES string of the molecule is C=c1cccc/c1=C(\c1ccc(-c2cccc3c2C=CCC3)cc1)c1ccccc1CB(O)O.CC. The third-order valence-corrected chi connectivity index (χ3v) is 6.52. The highest BCUT2D eigenvalue weighted by atomic mass is 16.4. The molecule has 0 unspecified atom stereocenters. The first-order valence-electron chi connectivity index (χ1n) is 12.7. The van der Waals surface area contributed by atoms with Crippen LogP contribution in [0.3, 0.4) is 0 Å². The van der Waals surface area contributed by atoms with E-state index >= 15 is 0 Å². The molecule has 0 amide bonds. The van der Waals surface area contributed by atoms with Crippen LogP contribution in [0.1, 0.15) is 48.1 Å². The molecule has 0 aliphatic heterocycles. The fraction of sp³-hybridized carbons (Fsp3) is 0.152. The molecule has 1 aliphatic carbocycles. The Labute approximate surface area is 214 Å². The lowest BCUT2D eigenvalue weighted by molar-refractivity contribution is 0.405. The number of allylic oxidation sites excluding steroid dienone is 1. The van der Waals surface area contributed by atoms with Crippen molar-refractivity contribution in [2.75, 3.05) is 0 Å². The van der Waals surface area contributed by atoms with Crippen molar-refractivity contribution in [2.24, 2.45) is 0 Å². The Kier molecular flexibility index (Phi) is 8.38. The molecule has 3 heteroatoms. The molecule has 4 aromatic carbocycles. The van der Waals surface area contributed by atoms with E-state index in [4.69, 9.17) is 0 Å². The molecular weight excluding hydrogens is 439 g/mol. The maximum absolute atomic E-state index is 9.70. The molecule has 0 atom stereocenters. The van der Waals surface area contributed by atoms with Crippen LogP contribution in [-0.2, 0) is 12.7 Å². The lowest BCUT2D eigenvalue weighted by Crippen LogP contribution is -2.26. The van der Waals surface area contributed by atoms with Gasteiger partial charge in [-0.2, -0.15) is 0 Å². The van der Waals surface area contributed by atoms with Gasteiger partial charge >= 0.3 is 7.12 Å². The lowest BCUT2D eigenvalue weighted by Gasteiger charge is -2.17. The standard InChI is InChI=1S/C31H27BO2.C2H6/c1-22-9-2-5-13-27(22)31(30-15-7-4-11-26(30)21-32(33)34)25-19-17-24(18-20-25)29-16-8-12-23-10-3-6-14-28(23)29;1-2/h2,4-9,11-20,33-34H,1,3,10,21H2;1-2H3/b31-27-;. The van der Waals surface area contributed by atoms with Gasteiger partial charge in [-0.15, -0.1) is 0 Å². The zero-order valence-corrected chi connectivity index (χ0v) is 21.1. The van der Waals surface area contributed by atoms with Crippen molar-refractivity contribution >= 4 is 25.3 Å². The maximum Gasteiger partial charge on any atom is 0.456 e. The summed E-state index contributed by atoms with van der Waals surface area (Å²) >= 11 is 0. The highest BCUT2D eigenvalue weighted by Crippen LogP contribution is 2.32. The van der Waals surface area contributed by atoms with E-state index in [1.807, 2.05) is 56.3 Å². The van der Waals surface area contributed by atoms with Crippen molar-refractivity contribution in [2.45, 2.75) is 33.0 Å².